The number of rotatable bonds is 3. The highest BCUT2D eigenvalue weighted by Gasteiger charge is 2.23. The van der Waals surface area contributed by atoms with E-state index < -0.39 is 11.8 Å². The van der Waals surface area contributed by atoms with Gasteiger partial charge >= 0.3 is 5.97 Å². The fourth-order valence-electron chi connectivity index (χ4n) is 2.54. The molecule has 0 unspecified atom stereocenters. The van der Waals surface area contributed by atoms with Gasteiger partial charge in [-0.15, -0.1) is 0 Å². The van der Waals surface area contributed by atoms with E-state index in [0.717, 1.165) is 19.2 Å². The van der Waals surface area contributed by atoms with E-state index >= 15 is 0 Å². The van der Waals surface area contributed by atoms with E-state index in [1.807, 2.05) is 13.8 Å². The molecule has 0 saturated carbocycles. The number of carboxylic acids is 1. The molecule has 1 aliphatic heterocycles. The normalized spacial score (nSPS) is 24.4. The molecule has 1 heterocycles. The summed E-state index contributed by atoms with van der Waals surface area (Å²) in [7, 11) is 0. The lowest BCUT2D eigenvalue weighted by Crippen LogP contribution is -2.45. The molecule has 0 radical (unpaired) electrons. The molecule has 1 fully saturated rings. The number of carbonyl (C=O) groups is 1. The number of carboxylic acid groups (broad SMARTS) is 1. The van der Waals surface area contributed by atoms with Crippen molar-refractivity contribution in [1.29, 1.82) is 0 Å². The van der Waals surface area contributed by atoms with Crippen molar-refractivity contribution < 1.29 is 19.0 Å². The van der Waals surface area contributed by atoms with Crippen LogP contribution in [0.4, 0.5) is 4.39 Å². The van der Waals surface area contributed by atoms with Gasteiger partial charge in [-0.25, -0.2) is 9.18 Å². The van der Waals surface area contributed by atoms with Crippen LogP contribution in [0.25, 0.3) is 0 Å². The third-order valence-corrected chi connectivity index (χ3v) is 3.19. The first kappa shape index (κ1) is 14.0. The smallest absolute Gasteiger partial charge is 0.336 e. The molecule has 104 valence electrons. The molecule has 2 atom stereocenters. The zero-order valence-corrected chi connectivity index (χ0v) is 11.1. The van der Waals surface area contributed by atoms with Gasteiger partial charge in [-0.05, 0) is 31.5 Å². The van der Waals surface area contributed by atoms with Gasteiger partial charge in [0.05, 0.1) is 17.8 Å². The number of morpholine rings is 1. The van der Waals surface area contributed by atoms with Gasteiger partial charge in [-0.3, -0.25) is 4.90 Å². The van der Waals surface area contributed by atoms with Gasteiger partial charge in [0, 0.05) is 19.6 Å². The molecule has 0 aliphatic carbocycles. The number of hydrogen-bond donors (Lipinski definition) is 1. The highest BCUT2D eigenvalue weighted by molar-refractivity contribution is 5.89. The van der Waals surface area contributed by atoms with E-state index in [1.165, 1.54) is 6.07 Å². The maximum atomic E-state index is 13.1. The third kappa shape index (κ3) is 3.52. The van der Waals surface area contributed by atoms with Crippen LogP contribution >= 0.6 is 0 Å². The lowest BCUT2D eigenvalue weighted by atomic mass is 10.1. The summed E-state index contributed by atoms with van der Waals surface area (Å²) in [5, 5.41) is 9.11. The minimum absolute atomic E-state index is 0.0341. The Kier molecular flexibility index (Phi) is 4.17. The maximum absolute atomic E-state index is 13.1. The number of benzene rings is 1. The van der Waals surface area contributed by atoms with E-state index in [1.54, 1.807) is 6.07 Å². The van der Waals surface area contributed by atoms with E-state index in [9.17, 15) is 9.18 Å². The van der Waals surface area contributed by atoms with E-state index in [0.29, 0.717) is 12.1 Å². The minimum Gasteiger partial charge on any atom is -0.478 e. The summed E-state index contributed by atoms with van der Waals surface area (Å²) < 4.78 is 18.7. The van der Waals surface area contributed by atoms with Crippen molar-refractivity contribution in [3.63, 3.8) is 0 Å². The van der Waals surface area contributed by atoms with Gasteiger partial charge in [-0.2, -0.15) is 0 Å². The summed E-state index contributed by atoms with van der Waals surface area (Å²) in [5.41, 5.74) is 0.669. The largest absolute Gasteiger partial charge is 0.478 e. The van der Waals surface area contributed by atoms with Crippen molar-refractivity contribution in [2.75, 3.05) is 13.1 Å². The van der Waals surface area contributed by atoms with Crippen LogP contribution in [0.15, 0.2) is 18.2 Å². The zero-order valence-electron chi connectivity index (χ0n) is 11.1. The molecule has 1 saturated heterocycles. The first-order chi connectivity index (χ1) is 8.95. The molecular weight excluding hydrogens is 249 g/mol. The Morgan fingerprint density at radius 1 is 1.42 bits per heavy atom. The first-order valence-corrected chi connectivity index (χ1v) is 6.35. The van der Waals surface area contributed by atoms with Crippen LogP contribution in [-0.2, 0) is 11.3 Å². The quantitative estimate of drug-likeness (QED) is 0.911. The monoisotopic (exact) mass is 267 g/mol. The SMILES string of the molecule is C[C@@H]1CN(Cc2ccc(F)cc2C(=O)O)C[C@H](C)O1. The summed E-state index contributed by atoms with van der Waals surface area (Å²) in [6.07, 6.45) is 0.245. The Hall–Kier alpha value is -1.46. The Labute approximate surface area is 111 Å². The molecule has 4 nitrogen and oxygen atoms in total. The van der Waals surface area contributed by atoms with Crippen LogP contribution in [0.1, 0.15) is 29.8 Å². The second-order valence-corrected chi connectivity index (χ2v) is 5.06. The second kappa shape index (κ2) is 5.67. The second-order valence-electron chi connectivity index (χ2n) is 5.06. The predicted molar refractivity (Wildman–Crippen MR) is 68.6 cm³/mol. The van der Waals surface area contributed by atoms with E-state index in [4.69, 9.17) is 9.84 Å². The molecular formula is C14H18FNO3. The van der Waals surface area contributed by atoms with Gasteiger partial charge in [-0.1, -0.05) is 6.07 Å². The molecule has 19 heavy (non-hydrogen) atoms. The topological polar surface area (TPSA) is 49.8 Å². The standard InChI is InChI=1S/C14H18FNO3/c1-9-6-16(7-10(2)19-9)8-11-3-4-12(15)5-13(11)14(17)18/h3-5,9-10H,6-8H2,1-2H3,(H,17,18)/t9-,10+. The molecule has 2 rings (SSSR count). The van der Waals surface area contributed by atoms with Crippen molar-refractivity contribution in [3.8, 4) is 0 Å². The minimum atomic E-state index is -1.09. The maximum Gasteiger partial charge on any atom is 0.336 e. The number of hydrogen-bond acceptors (Lipinski definition) is 3. The van der Waals surface area contributed by atoms with Gasteiger partial charge in [0.25, 0.3) is 0 Å². The average molecular weight is 267 g/mol. The van der Waals surface area contributed by atoms with Gasteiger partial charge < -0.3 is 9.84 Å². The lowest BCUT2D eigenvalue weighted by Gasteiger charge is -2.35. The molecule has 1 aliphatic rings. The molecule has 0 amide bonds. The number of aromatic carboxylic acids is 1. The summed E-state index contributed by atoms with van der Waals surface area (Å²) in [4.78, 5) is 13.3. The highest BCUT2D eigenvalue weighted by atomic mass is 19.1. The van der Waals surface area contributed by atoms with E-state index in [2.05, 4.69) is 4.90 Å². The molecule has 5 heteroatoms. The van der Waals surface area contributed by atoms with Crippen LogP contribution in [-0.4, -0.2) is 41.3 Å². The van der Waals surface area contributed by atoms with Crippen molar-refractivity contribution in [2.24, 2.45) is 0 Å². The molecule has 1 aromatic carbocycles. The molecule has 0 bridgehead atoms. The molecule has 0 aromatic heterocycles. The number of nitrogens with zero attached hydrogens (tertiary/aromatic N) is 1. The molecule has 1 N–H and O–H groups in total. The van der Waals surface area contributed by atoms with Crippen molar-refractivity contribution in [2.45, 2.75) is 32.6 Å². The van der Waals surface area contributed by atoms with E-state index in [-0.39, 0.29) is 17.8 Å². The summed E-state index contributed by atoms with van der Waals surface area (Å²) >= 11 is 0. The average Bonchev–Trinajstić information content (AvgIpc) is 2.30. The van der Waals surface area contributed by atoms with Crippen molar-refractivity contribution in [1.82, 2.24) is 4.90 Å². The first-order valence-electron chi connectivity index (χ1n) is 6.35. The summed E-state index contributed by atoms with van der Waals surface area (Å²) in [6.45, 7) is 5.98. The summed E-state index contributed by atoms with van der Waals surface area (Å²) in [6, 6.07) is 3.92. The number of ether oxygens (including phenoxy) is 1. The predicted octanol–water partition coefficient (Wildman–Crippen LogP) is 2.13. The molecule has 0 spiro atoms. The molecule has 1 aromatic rings. The van der Waals surface area contributed by atoms with Gasteiger partial charge in [0.15, 0.2) is 0 Å². The third-order valence-electron chi connectivity index (χ3n) is 3.19. The Balaban J connectivity index is 2.16. The fourth-order valence-corrected chi connectivity index (χ4v) is 2.54. The van der Waals surface area contributed by atoms with Crippen molar-refractivity contribution >= 4 is 5.97 Å². The van der Waals surface area contributed by atoms with Crippen LogP contribution in [0.3, 0.4) is 0 Å². The number of halogens is 1. The Morgan fingerprint density at radius 3 is 2.63 bits per heavy atom. The summed E-state index contributed by atoms with van der Waals surface area (Å²) in [5.74, 6) is -1.62. The highest BCUT2D eigenvalue weighted by Crippen LogP contribution is 2.18. The lowest BCUT2D eigenvalue weighted by molar-refractivity contribution is -0.0705. The van der Waals surface area contributed by atoms with Crippen LogP contribution in [0.2, 0.25) is 0 Å². The van der Waals surface area contributed by atoms with Crippen molar-refractivity contribution in [3.05, 3.63) is 35.1 Å². The fraction of sp³-hybridized carbons (Fsp3) is 0.500. The zero-order chi connectivity index (χ0) is 14.0. The Morgan fingerprint density at radius 2 is 2.05 bits per heavy atom. The van der Waals surface area contributed by atoms with Gasteiger partial charge in [0.1, 0.15) is 5.82 Å². The Bertz CT molecular complexity index is 468. The van der Waals surface area contributed by atoms with Crippen LogP contribution in [0, 0.1) is 5.82 Å². The van der Waals surface area contributed by atoms with Crippen LogP contribution in [0.5, 0.6) is 0 Å². The van der Waals surface area contributed by atoms with Gasteiger partial charge in [0.2, 0.25) is 0 Å². The van der Waals surface area contributed by atoms with Crippen LogP contribution < -0.4 is 0 Å².